The first kappa shape index (κ1) is 17.3. The van der Waals surface area contributed by atoms with E-state index in [2.05, 4.69) is 25.6 Å². The minimum Gasteiger partial charge on any atom is -0.347 e. The van der Waals surface area contributed by atoms with Gasteiger partial charge in [0.05, 0.1) is 18.6 Å². The van der Waals surface area contributed by atoms with Crippen molar-refractivity contribution in [3.05, 3.63) is 83.2 Å². The lowest BCUT2D eigenvalue weighted by Gasteiger charge is -2.07. The second-order valence-electron chi connectivity index (χ2n) is 5.80. The Balaban J connectivity index is 1.60. The van der Waals surface area contributed by atoms with E-state index in [1.54, 1.807) is 18.3 Å². The van der Waals surface area contributed by atoms with Crippen molar-refractivity contribution in [2.24, 2.45) is 0 Å². The Bertz CT molecular complexity index is 888. The molecule has 0 saturated carbocycles. The van der Waals surface area contributed by atoms with Gasteiger partial charge in [0.25, 0.3) is 11.8 Å². The Morgan fingerprint density at radius 3 is 2.46 bits per heavy atom. The van der Waals surface area contributed by atoms with Gasteiger partial charge in [0.15, 0.2) is 5.69 Å². The molecule has 0 fully saturated rings. The van der Waals surface area contributed by atoms with Crippen LogP contribution < -0.4 is 10.6 Å². The molecule has 0 aliphatic heterocycles. The van der Waals surface area contributed by atoms with Gasteiger partial charge in [0.2, 0.25) is 0 Å². The summed E-state index contributed by atoms with van der Waals surface area (Å²) in [6, 6.07) is 13.3. The van der Waals surface area contributed by atoms with E-state index in [-0.39, 0.29) is 23.8 Å². The Morgan fingerprint density at radius 1 is 0.962 bits per heavy atom. The molecule has 0 atom stereocenters. The summed E-state index contributed by atoms with van der Waals surface area (Å²) in [4.78, 5) is 35.5. The molecule has 7 nitrogen and oxygen atoms in total. The number of amides is 2. The van der Waals surface area contributed by atoms with Crippen LogP contribution in [0.2, 0.25) is 0 Å². The van der Waals surface area contributed by atoms with Crippen molar-refractivity contribution in [3.63, 3.8) is 0 Å². The number of carbonyl (C=O) groups excluding carboxylic acids is 2. The van der Waals surface area contributed by atoms with Crippen molar-refractivity contribution in [3.8, 4) is 0 Å². The number of imidazole rings is 1. The Hall–Kier alpha value is -3.48. The Morgan fingerprint density at radius 2 is 1.73 bits per heavy atom. The average molecular weight is 349 g/mol. The summed E-state index contributed by atoms with van der Waals surface area (Å²) in [6.07, 6.45) is 2.98. The highest BCUT2D eigenvalue weighted by Gasteiger charge is 2.20. The maximum Gasteiger partial charge on any atom is 0.272 e. The predicted molar refractivity (Wildman–Crippen MR) is 96.3 cm³/mol. The molecule has 0 bridgehead atoms. The summed E-state index contributed by atoms with van der Waals surface area (Å²) in [7, 11) is 0. The summed E-state index contributed by atoms with van der Waals surface area (Å²) >= 11 is 0. The first-order valence-electron chi connectivity index (χ1n) is 8.18. The number of rotatable bonds is 6. The SMILES string of the molecule is Cc1ccc(CNC(=O)c2[nH]cnc2C(=O)NCc2ccccn2)cc1. The van der Waals surface area contributed by atoms with E-state index in [0.717, 1.165) is 16.8 Å². The van der Waals surface area contributed by atoms with E-state index >= 15 is 0 Å². The van der Waals surface area contributed by atoms with Crippen LogP contribution in [-0.4, -0.2) is 26.8 Å². The van der Waals surface area contributed by atoms with Crippen LogP contribution in [0.3, 0.4) is 0 Å². The van der Waals surface area contributed by atoms with Crippen LogP contribution in [0.4, 0.5) is 0 Å². The number of carbonyl (C=O) groups is 2. The van der Waals surface area contributed by atoms with Crippen molar-refractivity contribution >= 4 is 11.8 Å². The van der Waals surface area contributed by atoms with Gasteiger partial charge in [-0.05, 0) is 24.6 Å². The number of nitrogens with one attached hydrogen (secondary N) is 3. The molecule has 3 aromatic rings. The van der Waals surface area contributed by atoms with Gasteiger partial charge in [-0.25, -0.2) is 4.98 Å². The van der Waals surface area contributed by atoms with E-state index in [4.69, 9.17) is 0 Å². The van der Waals surface area contributed by atoms with Crippen LogP contribution in [0.1, 0.15) is 37.8 Å². The molecule has 0 spiro atoms. The highest BCUT2D eigenvalue weighted by molar-refractivity contribution is 6.04. The lowest BCUT2D eigenvalue weighted by atomic mass is 10.1. The van der Waals surface area contributed by atoms with Gasteiger partial charge in [-0.3, -0.25) is 14.6 Å². The molecular weight excluding hydrogens is 330 g/mol. The number of hydrogen-bond donors (Lipinski definition) is 3. The van der Waals surface area contributed by atoms with Crippen molar-refractivity contribution in [1.29, 1.82) is 0 Å². The second-order valence-corrected chi connectivity index (χ2v) is 5.80. The molecule has 7 heteroatoms. The summed E-state index contributed by atoms with van der Waals surface area (Å²) in [5, 5.41) is 5.50. The quantitative estimate of drug-likeness (QED) is 0.633. The molecule has 0 saturated heterocycles. The van der Waals surface area contributed by atoms with Crippen LogP contribution >= 0.6 is 0 Å². The smallest absolute Gasteiger partial charge is 0.272 e. The maximum absolute atomic E-state index is 12.4. The largest absolute Gasteiger partial charge is 0.347 e. The summed E-state index contributed by atoms with van der Waals surface area (Å²) in [6.45, 7) is 2.63. The first-order chi connectivity index (χ1) is 12.6. The minimum atomic E-state index is -0.433. The molecule has 2 aromatic heterocycles. The van der Waals surface area contributed by atoms with Gasteiger partial charge in [-0.1, -0.05) is 35.9 Å². The molecule has 0 aliphatic rings. The van der Waals surface area contributed by atoms with Crippen LogP contribution in [0.5, 0.6) is 0 Å². The van der Waals surface area contributed by atoms with Crippen molar-refractivity contribution < 1.29 is 9.59 Å². The summed E-state index contributed by atoms with van der Waals surface area (Å²) in [5.41, 5.74) is 3.05. The zero-order chi connectivity index (χ0) is 18.4. The number of aromatic nitrogens is 3. The van der Waals surface area contributed by atoms with E-state index in [9.17, 15) is 9.59 Å². The van der Waals surface area contributed by atoms with E-state index in [0.29, 0.717) is 6.54 Å². The highest BCUT2D eigenvalue weighted by atomic mass is 16.2. The van der Waals surface area contributed by atoms with E-state index in [1.165, 1.54) is 6.33 Å². The average Bonchev–Trinajstić information content (AvgIpc) is 3.16. The number of pyridine rings is 1. The number of nitrogens with zero attached hydrogens (tertiary/aromatic N) is 2. The normalized spacial score (nSPS) is 10.3. The maximum atomic E-state index is 12.4. The zero-order valence-corrected chi connectivity index (χ0v) is 14.3. The van der Waals surface area contributed by atoms with Crippen molar-refractivity contribution in [2.45, 2.75) is 20.0 Å². The third-order valence-electron chi connectivity index (χ3n) is 3.81. The molecule has 3 rings (SSSR count). The molecule has 1 aromatic carbocycles. The monoisotopic (exact) mass is 349 g/mol. The number of aromatic amines is 1. The highest BCUT2D eigenvalue weighted by Crippen LogP contribution is 2.06. The number of H-pyrrole nitrogens is 1. The third kappa shape index (κ3) is 4.32. The van der Waals surface area contributed by atoms with Crippen molar-refractivity contribution in [1.82, 2.24) is 25.6 Å². The third-order valence-corrected chi connectivity index (χ3v) is 3.81. The molecule has 2 amide bonds. The summed E-state index contributed by atoms with van der Waals surface area (Å²) < 4.78 is 0. The molecule has 26 heavy (non-hydrogen) atoms. The fourth-order valence-corrected chi connectivity index (χ4v) is 2.37. The molecule has 0 unspecified atom stereocenters. The lowest BCUT2D eigenvalue weighted by Crippen LogP contribution is -2.29. The van der Waals surface area contributed by atoms with Gasteiger partial charge < -0.3 is 15.6 Å². The van der Waals surface area contributed by atoms with Gasteiger partial charge in [0.1, 0.15) is 5.69 Å². The Kier molecular flexibility index (Phi) is 5.38. The molecule has 2 heterocycles. The van der Waals surface area contributed by atoms with Crippen LogP contribution in [0.25, 0.3) is 0 Å². The van der Waals surface area contributed by atoms with Crippen LogP contribution in [0, 0.1) is 6.92 Å². The standard InChI is InChI=1S/C19H19N5O2/c1-13-5-7-14(8-6-13)10-21-18(25)16-17(24-12-23-16)19(26)22-11-15-4-2-3-9-20-15/h2-9,12H,10-11H2,1H3,(H,21,25)(H,22,26)(H,23,24). The van der Waals surface area contributed by atoms with E-state index in [1.807, 2.05) is 37.3 Å². The van der Waals surface area contributed by atoms with Gasteiger partial charge in [-0.15, -0.1) is 0 Å². The zero-order valence-electron chi connectivity index (χ0n) is 14.3. The van der Waals surface area contributed by atoms with Gasteiger partial charge >= 0.3 is 0 Å². The fourth-order valence-electron chi connectivity index (χ4n) is 2.37. The van der Waals surface area contributed by atoms with E-state index < -0.39 is 5.91 Å². The molecule has 3 N–H and O–H groups in total. The van der Waals surface area contributed by atoms with Crippen LogP contribution in [-0.2, 0) is 13.1 Å². The summed E-state index contributed by atoms with van der Waals surface area (Å²) in [5.74, 6) is -0.816. The number of benzene rings is 1. The van der Waals surface area contributed by atoms with Gasteiger partial charge in [-0.2, -0.15) is 0 Å². The topological polar surface area (TPSA) is 99.8 Å². The fraction of sp³-hybridized carbons (Fsp3) is 0.158. The second kappa shape index (κ2) is 8.06. The number of hydrogen-bond acceptors (Lipinski definition) is 4. The van der Waals surface area contributed by atoms with Crippen LogP contribution in [0.15, 0.2) is 55.0 Å². The predicted octanol–water partition coefficient (Wildman–Crippen LogP) is 1.97. The first-order valence-corrected chi connectivity index (χ1v) is 8.18. The Labute approximate surface area is 150 Å². The van der Waals surface area contributed by atoms with Gasteiger partial charge in [0, 0.05) is 12.7 Å². The number of aryl methyl sites for hydroxylation is 1. The van der Waals surface area contributed by atoms with Crippen molar-refractivity contribution in [2.75, 3.05) is 0 Å². The molecule has 0 radical (unpaired) electrons. The molecule has 132 valence electrons. The molecule has 0 aliphatic carbocycles. The minimum absolute atomic E-state index is 0.0577. The lowest BCUT2D eigenvalue weighted by molar-refractivity contribution is 0.0911. The molecular formula is C19H19N5O2.